The third kappa shape index (κ3) is 7.30. The quantitative estimate of drug-likeness (QED) is 0.153. The van der Waals surface area contributed by atoms with Gasteiger partial charge in [-0.3, -0.25) is 10.2 Å². The number of benzene rings is 2. The lowest BCUT2D eigenvalue weighted by molar-refractivity contribution is -0.141. The molecule has 0 heterocycles. The van der Waals surface area contributed by atoms with E-state index in [9.17, 15) is 14.7 Å². The van der Waals surface area contributed by atoms with E-state index in [1.807, 2.05) is 13.8 Å². The number of carboxylic acid groups (broad SMARTS) is 1. The minimum Gasteiger partial charge on any atom is -0.490 e. The Balaban J connectivity index is 2.44. The highest BCUT2D eigenvalue weighted by molar-refractivity contribution is 5.95. The van der Waals surface area contributed by atoms with Crippen LogP contribution >= 0.6 is 0 Å². The molecule has 0 spiro atoms. The van der Waals surface area contributed by atoms with E-state index in [0.29, 0.717) is 41.5 Å². The van der Waals surface area contributed by atoms with Crippen LogP contribution in [-0.2, 0) is 14.3 Å². The lowest BCUT2D eigenvalue weighted by Crippen LogP contribution is -2.22. The van der Waals surface area contributed by atoms with Crippen LogP contribution < -0.4 is 25.3 Å². The number of amidine groups is 1. The Labute approximate surface area is 192 Å². The van der Waals surface area contributed by atoms with Crippen LogP contribution in [0.5, 0.6) is 17.2 Å². The topological polar surface area (TPSA) is 153 Å². The third-order valence-electron chi connectivity index (χ3n) is 4.39. The second-order valence-electron chi connectivity index (χ2n) is 6.80. The van der Waals surface area contributed by atoms with E-state index in [2.05, 4.69) is 5.32 Å². The molecule has 2 aromatic carbocycles. The van der Waals surface area contributed by atoms with Crippen molar-refractivity contribution in [2.24, 2.45) is 5.73 Å². The van der Waals surface area contributed by atoms with Crippen molar-refractivity contribution in [2.45, 2.75) is 26.8 Å². The van der Waals surface area contributed by atoms with Crippen LogP contribution in [0.2, 0.25) is 0 Å². The first-order valence-corrected chi connectivity index (χ1v) is 10.4. The Morgan fingerprint density at radius 1 is 1.00 bits per heavy atom. The Morgan fingerprint density at radius 3 is 2.12 bits per heavy atom. The lowest BCUT2D eigenvalue weighted by atomic mass is 10.0. The zero-order chi connectivity index (χ0) is 24.4. The first-order valence-electron chi connectivity index (χ1n) is 10.4. The molecule has 1 unspecified atom stereocenters. The molecule has 0 aliphatic carbocycles. The summed E-state index contributed by atoms with van der Waals surface area (Å²) in [5.41, 5.74) is 6.80. The molecule has 5 N–H and O–H groups in total. The molecular formula is C23H29N3O7. The number of anilines is 1. The molecule has 0 aliphatic heterocycles. The van der Waals surface area contributed by atoms with Crippen LogP contribution in [0.3, 0.4) is 0 Å². The zero-order valence-corrected chi connectivity index (χ0v) is 18.8. The highest BCUT2D eigenvalue weighted by atomic mass is 16.6. The van der Waals surface area contributed by atoms with Crippen LogP contribution in [0.4, 0.5) is 5.69 Å². The molecule has 0 saturated carbocycles. The van der Waals surface area contributed by atoms with E-state index in [0.717, 1.165) is 0 Å². The van der Waals surface area contributed by atoms with Gasteiger partial charge >= 0.3 is 11.9 Å². The van der Waals surface area contributed by atoms with Crippen LogP contribution in [0.1, 0.15) is 37.9 Å². The number of nitrogens with two attached hydrogens (primary N) is 1. The van der Waals surface area contributed by atoms with Crippen LogP contribution in [0.25, 0.3) is 0 Å². The molecule has 2 rings (SSSR count). The summed E-state index contributed by atoms with van der Waals surface area (Å²) >= 11 is 0. The lowest BCUT2D eigenvalue weighted by Gasteiger charge is -2.22. The number of aliphatic carboxylic acids is 1. The summed E-state index contributed by atoms with van der Waals surface area (Å²) in [6, 6.07) is 8.41. The first-order chi connectivity index (χ1) is 15.8. The van der Waals surface area contributed by atoms with Crippen molar-refractivity contribution in [1.82, 2.24) is 0 Å². The minimum absolute atomic E-state index is 0.00360. The number of nitrogen functional groups attached to an aromatic ring is 1. The summed E-state index contributed by atoms with van der Waals surface area (Å²) in [6.45, 7) is 5.66. The predicted octanol–water partition coefficient (Wildman–Crippen LogP) is 2.95. The zero-order valence-electron chi connectivity index (χ0n) is 18.8. The van der Waals surface area contributed by atoms with Gasteiger partial charge in [0.1, 0.15) is 24.8 Å². The predicted molar refractivity (Wildman–Crippen MR) is 122 cm³/mol. The second-order valence-corrected chi connectivity index (χ2v) is 6.80. The van der Waals surface area contributed by atoms with Gasteiger partial charge in [-0.05, 0) is 44.2 Å². The summed E-state index contributed by atoms with van der Waals surface area (Å²) < 4.78 is 22.0. The summed E-state index contributed by atoms with van der Waals surface area (Å²) in [6.07, 6.45) is 0. The molecule has 0 aromatic heterocycles. The molecule has 0 radical (unpaired) electrons. The molecule has 33 heavy (non-hydrogen) atoms. The number of hydrogen-bond acceptors (Lipinski definition) is 8. The normalized spacial score (nSPS) is 11.2. The molecule has 178 valence electrons. The fourth-order valence-electron chi connectivity index (χ4n) is 2.97. The fourth-order valence-corrected chi connectivity index (χ4v) is 2.97. The SMILES string of the molecule is CCOc1cc(OCCOC(C)=O)c(C(Nc2ccc(C(=N)N)cc2)C(=O)O)cc1OCC. The fraction of sp³-hybridized carbons (Fsp3) is 0.348. The standard InChI is InChI=1S/C23H29N3O7/c1-4-30-19-12-17(18(13-20(19)31-5-2)33-11-10-32-14(3)27)21(23(28)29)26-16-8-6-15(7-9-16)22(24)25/h6-9,12-13,21,26H,4-5,10-11H2,1-3H3,(H3,24,25)(H,28,29). The Morgan fingerprint density at radius 2 is 1.61 bits per heavy atom. The average Bonchev–Trinajstić information content (AvgIpc) is 2.77. The van der Waals surface area contributed by atoms with Gasteiger partial charge in [0, 0.05) is 29.8 Å². The van der Waals surface area contributed by atoms with E-state index in [1.165, 1.54) is 6.92 Å². The van der Waals surface area contributed by atoms with Crippen molar-refractivity contribution in [1.29, 1.82) is 5.41 Å². The van der Waals surface area contributed by atoms with Gasteiger partial charge in [-0.25, -0.2) is 4.79 Å². The van der Waals surface area contributed by atoms with Gasteiger partial charge in [0.05, 0.1) is 13.2 Å². The molecule has 0 fully saturated rings. The molecule has 0 aliphatic rings. The molecule has 10 nitrogen and oxygen atoms in total. The molecule has 0 saturated heterocycles. The Bertz CT molecular complexity index is 977. The number of rotatable bonds is 13. The number of nitrogens with one attached hydrogen (secondary N) is 2. The monoisotopic (exact) mass is 459 g/mol. The Hall–Kier alpha value is -3.95. The van der Waals surface area contributed by atoms with Crippen LogP contribution in [0, 0.1) is 5.41 Å². The van der Waals surface area contributed by atoms with Gasteiger partial charge in [-0.2, -0.15) is 0 Å². The number of carbonyl (C=O) groups excluding carboxylic acids is 1. The number of esters is 1. The second kappa shape index (κ2) is 12.2. The summed E-state index contributed by atoms with van der Waals surface area (Å²) in [5.74, 6) is -0.661. The van der Waals surface area contributed by atoms with Gasteiger partial charge in [0.2, 0.25) is 0 Å². The van der Waals surface area contributed by atoms with Crippen LogP contribution in [-0.4, -0.2) is 49.3 Å². The highest BCUT2D eigenvalue weighted by Crippen LogP contribution is 2.39. The van der Waals surface area contributed by atoms with E-state index in [4.69, 9.17) is 30.1 Å². The number of carbonyl (C=O) groups is 2. The first kappa shape index (κ1) is 25.3. The summed E-state index contributed by atoms with van der Waals surface area (Å²) in [5, 5.41) is 20.4. The number of carboxylic acids is 1. The van der Waals surface area contributed by atoms with E-state index < -0.39 is 18.0 Å². The van der Waals surface area contributed by atoms with Crippen molar-refractivity contribution in [3.8, 4) is 17.2 Å². The van der Waals surface area contributed by atoms with Crippen molar-refractivity contribution in [3.63, 3.8) is 0 Å². The highest BCUT2D eigenvalue weighted by Gasteiger charge is 2.26. The maximum atomic E-state index is 12.2. The van der Waals surface area contributed by atoms with Gasteiger partial charge in [0.25, 0.3) is 0 Å². The smallest absolute Gasteiger partial charge is 0.330 e. The molecule has 2 aromatic rings. The van der Waals surface area contributed by atoms with Crippen molar-refractivity contribution >= 4 is 23.5 Å². The maximum Gasteiger partial charge on any atom is 0.330 e. The van der Waals surface area contributed by atoms with Crippen molar-refractivity contribution in [2.75, 3.05) is 31.7 Å². The van der Waals surface area contributed by atoms with E-state index in [1.54, 1.807) is 36.4 Å². The van der Waals surface area contributed by atoms with Gasteiger partial charge in [0.15, 0.2) is 17.5 Å². The van der Waals surface area contributed by atoms with Gasteiger partial charge in [-0.15, -0.1) is 0 Å². The minimum atomic E-state index is -1.20. The average molecular weight is 459 g/mol. The maximum absolute atomic E-state index is 12.2. The summed E-state index contributed by atoms with van der Waals surface area (Å²) in [7, 11) is 0. The van der Waals surface area contributed by atoms with Crippen molar-refractivity contribution < 1.29 is 33.6 Å². The van der Waals surface area contributed by atoms with E-state index in [-0.39, 0.29) is 24.8 Å². The molecular weight excluding hydrogens is 430 g/mol. The van der Waals surface area contributed by atoms with E-state index >= 15 is 0 Å². The number of hydrogen-bond donors (Lipinski definition) is 4. The van der Waals surface area contributed by atoms with Gasteiger partial charge < -0.3 is 35.1 Å². The largest absolute Gasteiger partial charge is 0.490 e. The van der Waals surface area contributed by atoms with Crippen molar-refractivity contribution in [3.05, 3.63) is 47.5 Å². The molecule has 0 amide bonds. The number of ether oxygens (including phenoxy) is 4. The molecule has 0 bridgehead atoms. The summed E-state index contributed by atoms with van der Waals surface area (Å²) in [4.78, 5) is 23.2. The molecule has 10 heteroatoms. The molecule has 1 atom stereocenters. The third-order valence-corrected chi connectivity index (χ3v) is 4.39. The Kier molecular flexibility index (Phi) is 9.34. The van der Waals surface area contributed by atoms with Gasteiger partial charge in [-0.1, -0.05) is 0 Å². The van der Waals surface area contributed by atoms with Crippen LogP contribution in [0.15, 0.2) is 36.4 Å².